The van der Waals surface area contributed by atoms with Crippen LogP contribution in [0.2, 0.25) is 5.02 Å². The van der Waals surface area contributed by atoms with Gasteiger partial charge >= 0.3 is 0 Å². The Bertz CT molecular complexity index is 655. The van der Waals surface area contributed by atoms with Gasteiger partial charge in [0.15, 0.2) is 5.16 Å². The third-order valence-corrected chi connectivity index (χ3v) is 3.92. The van der Waals surface area contributed by atoms with Crippen LogP contribution in [0.15, 0.2) is 39.1 Å². The second kappa shape index (κ2) is 5.77. The number of benzene rings is 1. The van der Waals surface area contributed by atoms with E-state index < -0.39 is 0 Å². The number of nitrogens with two attached hydrogens (primary N) is 1. The fourth-order valence-electron chi connectivity index (χ4n) is 1.59. The van der Waals surface area contributed by atoms with E-state index in [4.69, 9.17) is 17.3 Å². The lowest BCUT2D eigenvalue weighted by atomic mass is 10.1. The van der Waals surface area contributed by atoms with Crippen LogP contribution in [0.25, 0.3) is 0 Å². The average Bonchev–Trinajstić information content (AvgIpc) is 2.30. The maximum atomic E-state index is 11.4. The van der Waals surface area contributed by atoms with Gasteiger partial charge in [-0.2, -0.15) is 0 Å². The molecule has 0 fully saturated rings. The van der Waals surface area contributed by atoms with Crippen molar-refractivity contribution in [2.75, 3.05) is 0 Å². The number of rotatable bonds is 3. The molecule has 1 atom stereocenters. The highest BCUT2D eigenvalue weighted by molar-refractivity contribution is 7.99. The van der Waals surface area contributed by atoms with Gasteiger partial charge in [0.2, 0.25) is 0 Å². The molecule has 100 valence electrons. The molecule has 0 aliphatic rings. The summed E-state index contributed by atoms with van der Waals surface area (Å²) in [7, 11) is 0. The summed E-state index contributed by atoms with van der Waals surface area (Å²) >= 11 is 7.53. The Balaban J connectivity index is 2.30. The van der Waals surface area contributed by atoms with Crippen molar-refractivity contribution in [2.24, 2.45) is 5.73 Å². The van der Waals surface area contributed by atoms with Crippen molar-refractivity contribution in [1.29, 1.82) is 0 Å². The molecule has 1 heterocycles. The summed E-state index contributed by atoms with van der Waals surface area (Å²) in [6.07, 6.45) is 0. The molecule has 6 heteroatoms. The Morgan fingerprint density at radius 2 is 2.16 bits per heavy atom. The highest BCUT2D eigenvalue weighted by Gasteiger charge is 2.08. The van der Waals surface area contributed by atoms with Crippen molar-refractivity contribution >= 4 is 23.4 Å². The van der Waals surface area contributed by atoms with Gasteiger partial charge in [-0.3, -0.25) is 4.79 Å². The van der Waals surface area contributed by atoms with Crippen molar-refractivity contribution in [3.63, 3.8) is 0 Å². The van der Waals surface area contributed by atoms with E-state index in [1.165, 1.54) is 17.8 Å². The van der Waals surface area contributed by atoms with E-state index >= 15 is 0 Å². The van der Waals surface area contributed by atoms with E-state index in [2.05, 4.69) is 9.97 Å². The molecule has 2 rings (SSSR count). The first-order valence-electron chi connectivity index (χ1n) is 5.76. The number of H-pyrrole nitrogens is 1. The molecular weight excluding hydrogens is 282 g/mol. The molecule has 0 aliphatic heterocycles. The van der Waals surface area contributed by atoms with Crippen LogP contribution in [0.3, 0.4) is 0 Å². The minimum Gasteiger partial charge on any atom is -0.324 e. The lowest BCUT2D eigenvalue weighted by Gasteiger charge is -2.09. The molecule has 1 aromatic carbocycles. The van der Waals surface area contributed by atoms with Crippen LogP contribution in [-0.2, 0) is 0 Å². The lowest BCUT2D eigenvalue weighted by molar-refractivity contribution is 0.817. The Labute approximate surface area is 120 Å². The van der Waals surface area contributed by atoms with E-state index in [0.717, 1.165) is 10.5 Å². The normalized spacial score (nSPS) is 12.4. The van der Waals surface area contributed by atoms with Crippen molar-refractivity contribution < 1.29 is 0 Å². The maximum Gasteiger partial charge on any atom is 0.251 e. The quantitative estimate of drug-likeness (QED) is 0.854. The molecule has 0 saturated carbocycles. The van der Waals surface area contributed by atoms with Gasteiger partial charge in [0.05, 0.1) is 5.02 Å². The van der Waals surface area contributed by atoms with Crippen LogP contribution >= 0.6 is 23.4 Å². The molecule has 1 unspecified atom stereocenters. The van der Waals surface area contributed by atoms with E-state index in [9.17, 15) is 4.79 Å². The zero-order chi connectivity index (χ0) is 14.0. The van der Waals surface area contributed by atoms with E-state index in [1.54, 1.807) is 6.92 Å². The van der Waals surface area contributed by atoms with Crippen LogP contribution in [0.5, 0.6) is 0 Å². The molecule has 2 aromatic rings. The van der Waals surface area contributed by atoms with Crippen molar-refractivity contribution in [1.82, 2.24) is 9.97 Å². The number of halogens is 1. The summed E-state index contributed by atoms with van der Waals surface area (Å²) in [4.78, 5) is 19.1. The molecule has 0 spiro atoms. The zero-order valence-corrected chi connectivity index (χ0v) is 12.2. The first kappa shape index (κ1) is 14.1. The second-order valence-electron chi connectivity index (χ2n) is 4.27. The summed E-state index contributed by atoms with van der Waals surface area (Å²) in [5, 5.41) is 1.13. The molecule has 0 amide bonds. The Kier molecular flexibility index (Phi) is 4.29. The summed E-state index contributed by atoms with van der Waals surface area (Å²) in [5.41, 5.74) is 7.28. The monoisotopic (exact) mass is 295 g/mol. The molecule has 0 saturated heterocycles. The number of hydrogen-bond acceptors (Lipinski definition) is 4. The van der Waals surface area contributed by atoms with Gasteiger partial charge in [-0.15, -0.1) is 0 Å². The van der Waals surface area contributed by atoms with Crippen molar-refractivity contribution in [2.45, 2.75) is 29.9 Å². The zero-order valence-electron chi connectivity index (χ0n) is 10.6. The number of hydrogen-bond donors (Lipinski definition) is 2. The number of aromatic amines is 1. The standard InChI is InChI=1S/C13H14ClN3OS/c1-7-5-12(18)17-13(16-7)19-11-4-3-9(8(2)15)6-10(11)14/h3-6,8H,15H2,1-2H3,(H,16,17,18). The van der Waals surface area contributed by atoms with Gasteiger partial charge in [-0.25, -0.2) is 4.98 Å². The minimum absolute atomic E-state index is 0.0616. The Hall–Kier alpha value is -1.30. The smallest absolute Gasteiger partial charge is 0.251 e. The van der Waals surface area contributed by atoms with E-state index in [1.807, 2.05) is 25.1 Å². The fraction of sp³-hybridized carbons (Fsp3) is 0.231. The van der Waals surface area contributed by atoms with Gasteiger partial charge in [0.25, 0.3) is 5.56 Å². The summed E-state index contributed by atoms with van der Waals surface area (Å²) in [5.74, 6) is 0. The van der Waals surface area contributed by atoms with Gasteiger partial charge in [-0.05, 0) is 31.5 Å². The number of aryl methyl sites for hydroxylation is 1. The molecule has 0 bridgehead atoms. The largest absolute Gasteiger partial charge is 0.324 e. The lowest BCUT2D eigenvalue weighted by Crippen LogP contribution is -2.08. The fourth-order valence-corrected chi connectivity index (χ4v) is 2.73. The number of nitrogens with one attached hydrogen (secondary N) is 1. The Morgan fingerprint density at radius 3 is 2.74 bits per heavy atom. The highest BCUT2D eigenvalue weighted by atomic mass is 35.5. The van der Waals surface area contributed by atoms with Crippen LogP contribution in [0, 0.1) is 6.92 Å². The molecule has 4 nitrogen and oxygen atoms in total. The first-order chi connectivity index (χ1) is 8.95. The predicted molar refractivity (Wildman–Crippen MR) is 77.8 cm³/mol. The summed E-state index contributed by atoms with van der Waals surface area (Å²) in [6.45, 7) is 3.68. The SMILES string of the molecule is Cc1cc(=O)[nH]c(Sc2ccc(C(C)N)cc2Cl)n1. The van der Waals surface area contributed by atoms with Crippen LogP contribution < -0.4 is 11.3 Å². The first-order valence-corrected chi connectivity index (χ1v) is 6.96. The van der Waals surface area contributed by atoms with Gasteiger partial charge in [0, 0.05) is 22.7 Å². The summed E-state index contributed by atoms with van der Waals surface area (Å²) < 4.78 is 0. The van der Waals surface area contributed by atoms with Crippen LogP contribution in [0.1, 0.15) is 24.2 Å². The highest BCUT2D eigenvalue weighted by Crippen LogP contribution is 2.32. The minimum atomic E-state index is -0.168. The van der Waals surface area contributed by atoms with Crippen molar-refractivity contribution in [3.8, 4) is 0 Å². The average molecular weight is 296 g/mol. The number of nitrogens with zero attached hydrogens (tertiary/aromatic N) is 1. The molecule has 3 N–H and O–H groups in total. The van der Waals surface area contributed by atoms with Crippen LogP contribution in [-0.4, -0.2) is 9.97 Å². The number of aromatic nitrogens is 2. The Morgan fingerprint density at radius 1 is 1.42 bits per heavy atom. The summed E-state index contributed by atoms with van der Waals surface area (Å²) in [6, 6.07) is 7.03. The molecular formula is C13H14ClN3OS. The third kappa shape index (κ3) is 3.59. The van der Waals surface area contributed by atoms with E-state index in [0.29, 0.717) is 15.9 Å². The predicted octanol–water partition coefficient (Wildman–Crippen LogP) is 2.90. The molecule has 0 radical (unpaired) electrons. The molecule has 1 aromatic heterocycles. The van der Waals surface area contributed by atoms with Crippen molar-refractivity contribution in [3.05, 3.63) is 50.9 Å². The molecule has 0 aliphatic carbocycles. The van der Waals surface area contributed by atoms with E-state index in [-0.39, 0.29) is 11.6 Å². The van der Waals surface area contributed by atoms with Gasteiger partial charge in [-0.1, -0.05) is 29.4 Å². The third-order valence-electron chi connectivity index (χ3n) is 2.54. The molecule has 19 heavy (non-hydrogen) atoms. The van der Waals surface area contributed by atoms with Gasteiger partial charge < -0.3 is 10.7 Å². The second-order valence-corrected chi connectivity index (χ2v) is 5.71. The van der Waals surface area contributed by atoms with Gasteiger partial charge in [0.1, 0.15) is 0 Å². The topological polar surface area (TPSA) is 71.8 Å². The maximum absolute atomic E-state index is 11.4. The van der Waals surface area contributed by atoms with Crippen LogP contribution in [0.4, 0.5) is 0 Å².